The zero-order valence-electron chi connectivity index (χ0n) is 12.9. The van der Waals surface area contributed by atoms with Gasteiger partial charge in [0, 0.05) is 17.6 Å². The molecule has 4 nitrogen and oxygen atoms in total. The number of hydrogen-bond acceptors (Lipinski definition) is 4. The summed E-state index contributed by atoms with van der Waals surface area (Å²) in [6.45, 7) is 0.391. The molecule has 23 heavy (non-hydrogen) atoms. The summed E-state index contributed by atoms with van der Waals surface area (Å²) in [6, 6.07) is 5.84. The third-order valence-electron chi connectivity index (χ3n) is 4.66. The minimum absolute atomic E-state index is 0.139. The molecule has 1 aromatic carbocycles. The SMILES string of the molecule is O=S(=O)(c1ccc2c(c1)CCCC2)N(Cc1nccs1)C1CC1. The molecule has 1 fully saturated rings. The number of sulfonamides is 1. The van der Waals surface area contributed by atoms with E-state index < -0.39 is 10.0 Å². The molecule has 0 spiro atoms. The lowest BCUT2D eigenvalue weighted by atomic mass is 9.92. The Morgan fingerprint density at radius 1 is 1.17 bits per heavy atom. The van der Waals surface area contributed by atoms with Crippen LogP contribution < -0.4 is 0 Å². The maximum Gasteiger partial charge on any atom is 0.243 e. The predicted octanol–water partition coefficient (Wildman–Crippen LogP) is 3.38. The molecule has 122 valence electrons. The smallest absolute Gasteiger partial charge is 0.243 e. The van der Waals surface area contributed by atoms with E-state index in [1.54, 1.807) is 16.6 Å². The molecule has 0 radical (unpaired) electrons. The molecule has 2 aromatic rings. The first-order valence-electron chi connectivity index (χ1n) is 8.16. The van der Waals surface area contributed by atoms with Crippen molar-refractivity contribution in [1.82, 2.24) is 9.29 Å². The summed E-state index contributed by atoms with van der Waals surface area (Å²) in [5.74, 6) is 0. The molecule has 1 heterocycles. The van der Waals surface area contributed by atoms with Crippen molar-refractivity contribution in [3.05, 3.63) is 45.9 Å². The van der Waals surface area contributed by atoms with E-state index in [0.29, 0.717) is 11.4 Å². The maximum atomic E-state index is 13.1. The van der Waals surface area contributed by atoms with Crippen LogP contribution in [0, 0.1) is 0 Å². The van der Waals surface area contributed by atoms with E-state index >= 15 is 0 Å². The molecule has 0 aliphatic heterocycles. The van der Waals surface area contributed by atoms with Gasteiger partial charge in [-0.1, -0.05) is 6.07 Å². The second kappa shape index (κ2) is 6.00. The first-order valence-corrected chi connectivity index (χ1v) is 10.5. The first-order chi connectivity index (χ1) is 11.1. The lowest BCUT2D eigenvalue weighted by Gasteiger charge is -2.22. The summed E-state index contributed by atoms with van der Waals surface area (Å²) in [5, 5.41) is 2.75. The van der Waals surface area contributed by atoms with Crippen LogP contribution in [-0.4, -0.2) is 23.7 Å². The summed E-state index contributed by atoms with van der Waals surface area (Å²) >= 11 is 1.51. The highest BCUT2D eigenvalue weighted by molar-refractivity contribution is 7.89. The van der Waals surface area contributed by atoms with E-state index in [9.17, 15) is 8.42 Å². The molecule has 2 aliphatic rings. The average Bonchev–Trinajstić information content (AvgIpc) is 3.27. The fraction of sp³-hybridized carbons (Fsp3) is 0.471. The number of benzene rings is 1. The number of thiazole rings is 1. The Balaban J connectivity index is 1.67. The van der Waals surface area contributed by atoms with E-state index in [-0.39, 0.29) is 6.04 Å². The van der Waals surface area contributed by atoms with Crippen LogP contribution in [0.15, 0.2) is 34.7 Å². The lowest BCUT2D eigenvalue weighted by molar-refractivity contribution is 0.398. The Morgan fingerprint density at radius 2 is 1.96 bits per heavy atom. The van der Waals surface area contributed by atoms with Crippen molar-refractivity contribution >= 4 is 21.4 Å². The Hall–Kier alpha value is -1.24. The van der Waals surface area contributed by atoms with Gasteiger partial charge in [0.1, 0.15) is 5.01 Å². The maximum absolute atomic E-state index is 13.1. The van der Waals surface area contributed by atoms with Crippen LogP contribution in [0.25, 0.3) is 0 Å². The summed E-state index contributed by atoms with van der Waals surface area (Å²) in [5.41, 5.74) is 2.52. The van der Waals surface area contributed by atoms with Crippen molar-refractivity contribution in [3.8, 4) is 0 Å². The van der Waals surface area contributed by atoms with Crippen molar-refractivity contribution in [3.63, 3.8) is 0 Å². The molecule has 1 aromatic heterocycles. The minimum Gasteiger partial charge on any atom is -0.248 e. The van der Waals surface area contributed by atoms with Crippen LogP contribution in [0.5, 0.6) is 0 Å². The Labute approximate surface area is 141 Å². The molecule has 0 bridgehead atoms. The molecule has 6 heteroatoms. The van der Waals surface area contributed by atoms with Gasteiger partial charge in [0.2, 0.25) is 10.0 Å². The number of fused-ring (bicyclic) bond motifs is 1. The number of rotatable bonds is 5. The predicted molar refractivity (Wildman–Crippen MR) is 90.9 cm³/mol. The largest absolute Gasteiger partial charge is 0.248 e. The highest BCUT2D eigenvalue weighted by Crippen LogP contribution is 2.35. The molecule has 4 rings (SSSR count). The molecule has 0 unspecified atom stereocenters. The second-order valence-electron chi connectivity index (χ2n) is 6.34. The molecule has 0 N–H and O–H groups in total. The third-order valence-corrected chi connectivity index (χ3v) is 7.31. The van der Waals surface area contributed by atoms with E-state index in [4.69, 9.17) is 0 Å². The van der Waals surface area contributed by atoms with E-state index in [1.165, 1.54) is 28.9 Å². The molecule has 0 saturated heterocycles. The molecule has 0 atom stereocenters. The number of aromatic nitrogens is 1. The van der Waals surface area contributed by atoms with Crippen molar-refractivity contribution in [2.45, 2.75) is 56.0 Å². The van der Waals surface area contributed by atoms with Gasteiger partial charge >= 0.3 is 0 Å². The van der Waals surface area contributed by atoms with E-state index in [2.05, 4.69) is 4.98 Å². The molecule has 2 aliphatic carbocycles. The third kappa shape index (κ3) is 3.07. The zero-order chi connectivity index (χ0) is 15.9. The minimum atomic E-state index is -3.45. The standard InChI is InChI=1S/C17H20N2O2S2/c20-23(21,16-8-5-13-3-1-2-4-14(13)11-16)19(15-6-7-15)12-17-18-9-10-22-17/h5,8-11,15H,1-4,6-7,12H2. The molecule has 0 amide bonds. The highest BCUT2D eigenvalue weighted by Gasteiger charge is 2.38. The second-order valence-corrected chi connectivity index (χ2v) is 9.21. The van der Waals surface area contributed by atoms with Gasteiger partial charge in [-0.15, -0.1) is 11.3 Å². The van der Waals surface area contributed by atoms with Crippen molar-refractivity contribution < 1.29 is 8.42 Å². The first kappa shape index (κ1) is 15.3. The van der Waals surface area contributed by atoms with Crippen LogP contribution in [0.1, 0.15) is 41.8 Å². The van der Waals surface area contributed by atoms with E-state index in [0.717, 1.165) is 37.1 Å². The Kier molecular flexibility index (Phi) is 3.99. The fourth-order valence-electron chi connectivity index (χ4n) is 3.24. The van der Waals surface area contributed by atoms with Gasteiger partial charge in [0.25, 0.3) is 0 Å². The van der Waals surface area contributed by atoms with Gasteiger partial charge in [0.15, 0.2) is 0 Å². The highest BCUT2D eigenvalue weighted by atomic mass is 32.2. The summed E-state index contributed by atoms with van der Waals surface area (Å²) < 4.78 is 27.9. The summed E-state index contributed by atoms with van der Waals surface area (Å²) in [4.78, 5) is 4.70. The number of hydrogen-bond donors (Lipinski definition) is 0. The normalized spacial score (nSPS) is 18.1. The Bertz CT molecular complexity index is 796. The van der Waals surface area contributed by atoms with Crippen LogP contribution in [0.4, 0.5) is 0 Å². The Morgan fingerprint density at radius 3 is 2.65 bits per heavy atom. The summed E-state index contributed by atoms with van der Waals surface area (Å²) in [6.07, 6.45) is 8.07. The van der Waals surface area contributed by atoms with Crippen LogP contribution >= 0.6 is 11.3 Å². The van der Waals surface area contributed by atoms with Crippen LogP contribution in [0.2, 0.25) is 0 Å². The lowest BCUT2D eigenvalue weighted by Crippen LogP contribution is -2.32. The molecular weight excluding hydrogens is 328 g/mol. The van der Waals surface area contributed by atoms with E-state index in [1.807, 2.05) is 17.5 Å². The average molecular weight is 348 g/mol. The van der Waals surface area contributed by atoms with Gasteiger partial charge < -0.3 is 0 Å². The van der Waals surface area contributed by atoms with Gasteiger partial charge in [-0.25, -0.2) is 13.4 Å². The molecular formula is C17H20N2O2S2. The molecule has 1 saturated carbocycles. The van der Waals surface area contributed by atoms with Crippen molar-refractivity contribution in [1.29, 1.82) is 0 Å². The van der Waals surface area contributed by atoms with Crippen LogP contribution in [-0.2, 0) is 29.4 Å². The quantitative estimate of drug-likeness (QED) is 0.832. The van der Waals surface area contributed by atoms with Crippen LogP contribution in [0.3, 0.4) is 0 Å². The van der Waals surface area contributed by atoms with Gasteiger partial charge in [-0.3, -0.25) is 0 Å². The monoisotopic (exact) mass is 348 g/mol. The van der Waals surface area contributed by atoms with Gasteiger partial charge in [-0.2, -0.15) is 4.31 Å². The van der Waals surface area contributed by atoms with Crippen molar-refractivity contribution in [2.24, 2.45) is 0 Å². The van der Waals surface area contributed by atoms with Gasteiger partial charge in [-0.05, 0) is 61.8 Å². The number of aryl methyl sites for hydroxylation is 2. The zero-order valence-corrected chi connectivity index (χ0v) is 14.6. The topological polar surface area (TPSA) is 50.3 Å². The van der Waals surface area contributed by atoms with Gasteiger partial charge in [0.05, 0.1) is 11.4 Å². The fourth-order valence-corrected chi connectivity index (χ4v) is 5.64. The summed E-state index contributed by atoms with van der Waals surface area (Å²) in [7, 11) is -3.45. The number of nitrogens with zero attached hydrogens (tertiary/aromatic N) is 2. The van der Waals surface area contributed by atoms with Crippen molar-refractivity contribution in [2.75, 3.05) is 0 Å².